The van der Waals surface area contributed by atoms with Crippen molar-refractivity contribution in [3.8, 4) is 0 Å². The molecule has 0 aromatic carbocycles. The quantitative estimate of drug-likeness (QED) is 0.760. The third-order valence-electron chi connectivity index (χ3n) is 4.01. The lowest BCUT2D eigenvalue weighted by molar-refractivity contribution is 0.0846. The Morgan fingerprint density at radius 1 is 1.33 bits per heavy atom. The van der Waals surface area contributed by atoms with Gasteiger partial charge in [0.1, 0.15) is 0 Å². The van der Waals surface area contributed by atoms with Gasteiger partial charge in [0.05, 0.1) is 18.4 Å². The fraction of sp³-hybridized carbons (Fsp3) is 0.812. The van der Waals surface area contributed by atoms with Crippen molar-refractivity contribution in [1.82, 2.24) is 10.3 Å². The molecule has 1 N–H and O–H groups in total. The highest BCUT2D eigenvalue weighted by atomic mass is 32.1. The SMILES string of the molecule is CC(C)OCCN(C)c1nc(C2CC2)c(CNC2CC2)s1. The van der Waals surface area contributed by atoms with Gasteiger partial charge in [-0.05, 0) is 39.5 Å². The first-order chi connectivity index (χ1) is 10.1. The molecule has 4 nitrogen and oxygen atoms in total. The molecule has 2 aliphatic rings. The Hall–Kier alpha value is -0.650. The Morgan fingerprint density at radius 2 is 2.10 bits per heavy atom. The van der Waals surface area contributed by atoms with Crippen LogP contribution in [0.25, 0.3) is 0 Å². The average Bonchev–Trinajstić information content (AvgIpc) is 3.35. The lowest BCUT2D eigenvalue weighted by Gasteiger charge is -2.16. The molecule has 1 heterocycles. The molecular weight excluding hydrogens is 282 g/mol. The minimum Gasteiger partial charge on any atom is -0.377 e. The van der Waals surface area contributed by atoms with E-state index in [0.29, 0.717) is 6.10 Å². The van der Waals surface area contributed by atoms with Gasteiger partial charge < -0.3 is 15.0 Å². The topological polar surface area (TPSA) is 37.4 Å². The summed E-state index contributed by atoms with van der Waals surface area (Å²) in [6.07, 6.45) is 5.63. The van der Waals surface area contributed by atoms with Crippen LogP contribution in [0.3, 0.4) is 0 Å². The Bertz CT molecular complexity index is 466. The molecule has 0 atom stereocenters. The lowest BCUT2D eigenvalue weighted by Crippen LogP contribution is -2.23. The number of hydrogen-bond acceptors (Lipinski definition) is 5. The maximum absolute atomic E-state index is 5.64. The zero-order chi connectivity index (χ0) is 14.8. The predicted molar refractivity (Wildman–Crippen MR) is 88.3 cm³/mol. The van der Waals surface area contributed by atoms with Crippen LogP contribution in [0.1, 0.15) is 56.0 Å². The van der Waals surface area contributed by atoms with Gasteiger partial charge in [-0.2, -0.15) is 0 Å². The summed E-state index contributed by atoms with van der Waals surface area (Å²) in [5.74, 6) is 0.728. The molecule has 0 bridgehead atoms. The average molecular weight is 309 g/mol. The Morgan fingerprint density at radius 3 is 2.71 bits per heavy atom. The summed E-state index contributed by atoms with van der Waals surface area (Å²) in [5.41, 5.74) is 1.36. The standard InChI is InChI=1S/C16H27N3OS/c1-11(2)20-9-8-19(3)16-18-15(12-4-5-12)14(21-16)10-17-13-6-7-13/h11-13,17H,4-10H2,1-3H3. The summed E-state index contributed by atoms with van der Waals surface area (Å²) in [6.45, 7) is 6.84. The first-order valence-corrected chi connectivity index (χ1v) is 9.01. The van der Waals surface area contributed by atoms with Crippen molar-refractivity contribution in [2.75, 3.05) is 25.1 Å². The minimum absolute atomic E-state index is 0.301. The Balaban J connectivity index is 1.59. The van der Waals surface area contributed by atoms with Gasteiger partial charge in [-0.1, -0.05) is 0 Å². The summed E-state index contributed by atoms with van der Waals surface area (Å²) in [4.78, 5) is 8.61. The van der Waals surface area contributed by atoms with E-state index < -0.39 is 0 Å². The van der Waals surface area contributed by atoms with Crippen LogP contribution in [0.2, 0.25) is 0 Å². The van der Waals surface area contributed by atoms with Crippen LogP contribution in [0.15, 0.2) is 0 Å². The molecule has 5 heteroatoms. The normalized spacial score (nSPS) is 18.5. The molecule has 2 aliphatic carbocycles. The third kappa shape index (κ3) is 4.41. The fourth-order valence-corrected chi connectivity index (χ4v) is 3.45. The van der Waals surface area contributed by atoms with Crippen molar-refractivity contribution in [1.29, 1.82) is 0 Å². The van der Waals surface area contributed by atoms with E-state index >= 15 is 0 Å². The predicted octanol–water partition coefficient (Wildman–Crippen LogP) is 3.13. The second kappa shape index (κ2) is 6.63. The van der Waals surface area contributed by atoms with Gasteiger partial charge in [0.25, 0.3) is 0 Å². The molecule has 0 spiro atoms. The number of aromatic nitrogens is 1. The first kappa shape index (κ1) is 15.3. The van der Waals surface area contributed by atoms with Crippen LogP contribution in [-0.4, -0.2) is 37.3 Å². The number of thiazole rings is 1. The van der Waals surface area contributed by atoms with Crippen LogP contribution in [0.4, 0.5) is 5.13 Å². The van der Waals surface area contributed by atoms with Crippen molar-refractivity contribution >= 4 is 16.5 Å². The third-order valence-corrected chi connectivity index (χ3v) is 5.20. The first-order valence-electron chi connectivity index (χ1n) is 8.19. The number of ether oxygens (including phenoxy) is 1. The number of rotatable bonds is 9. The van der Waals surface area contributed by atoms with Crippen molar-refractivity contribution in [2.45, 2.75) is 64.1 Å². The summed E-state index contributed by atoms with van der Waals surface area (Å²) in [5, 5.41) is 4.78. The van der Waals surface area contributed by atoms with Gasteiger partial charge in [0.2, 0.25) is 0 Å². The number of nitrogens with one attached hydrogen (secondary N) is 1. The van der Waals surface area contributed by atoms with Gasteiger partial charge in [-0.25, -0.2) is 4.98 Å². The summed E-state index contributed by atoms with van der Waals surface area (Å²) < 4.78 is 5.64. The molecule has 118 valence electrons. The van der Waals surface area contributed by atoms with Gasteiger partial charge in [0, 0.05) is 37.0 Å². The van der Waals surface area contributed by atoms with E-state index in [1.54, 1.807) is 0 Å². The molecule has 2 fully saturated rings. The number of nitrogens with zero attached hydrogens (tertiary/aromatic N) is 2. The molecule has 0 radical (unpaired) electrons. The highest BCUT2D eigenvalue weighted by Crippen LogP contribution is 2.44. The van der Waals surface area contributed by atoms with Crippen LogP contribution in [0.5, 0.6) is 0 Å². The van der Waals surface area contributed by atoms with Gasteiger partial charge in [-0.15, -0.1) is 11.3 Å². The van der Waals surface area contributed by atoms with Crippen LogP contribution < -0.4 is 10.2 Å². The number of likely N-dealkylation sites (N-methyl/N-ethyl adjacent to an activating group) is 1. The minimum atomic E-state index is 0.301. The molecular formula is C16H27N3OS. The van der Waals surface area contributed by atoms with E-state index in [1.165, 1.54) is 36.3 Å². The summed E-state index contributed by atoms with van der Waals surface area (Å²) >= 11 is 1.86. The molecule has 0 aliphatic heterocycles. The van der Waals surface area contributed by atoms with E-state index in [0.717, 1.165) is 36.8 Å². The lowest BCUT2D eigenvalue weighted by atomic mass is 10.2. The van der Waals surface area contributed by atoms with Crippen LogP contribution in [-0.2, 0) is 11.3 Å². The van der Waals surface area contributed by atoms with E-state index in [4.69, 9.17) is 9.72 Å². The summed E-state index contributed by atoms with van der Waals surface area (Å²) in [7, 11) is 2.12. The van der Waals surface area contributed by atoms with Crippen molar-refractivity contribution in [2.24, 2.45) is 0 Å². The second-order valence-corrected chi connectivity index (χ2v) is 7.64. The molecule has 1 aromatic heterocycles. The van der Waals surface area contributed by atoms with E-state index in [2.05, 4.69) is 31.1 Å². The molecule has 0 amide bonds. The van der Waals surface area contributed by atoms with Crippen LogP contribution >= 0.6 is 11.3 Å². The van der Waals surface area contributed by atoms with Crippen LogP contribution in [0, 0.1) is 0 Å². The molecule has 1 aromatic rings. The molecule has 0 unspecified atom stereocenters. The van der Waals surface area contributed by atoms with Gasteiger partial charge in [-0.3, -0.25) is 0 Å². The Labute approximate surface area is 131 Å². The molecule has 21 heavy (non-hydrogen) atoms. The maximum atomic E-state index is 5.64. The highest BCUT2D eigenvalue weighted by Gasteiger charge is 2.31. The highest BCUT2D eigenvalue weighted by molar-refractivity contribution is 7.15. The zero-order valence-electron chi connectivity index (χ0n) is 13.4. The van der Waals surface area contributed by atoms with E-state index in [-0.39, 0.29) is 0 Å². The fourth-order valence-electron chi connectivity index (χ4n) is 2.36. The van der Waals surface area contributed by atoms with Gasteiger partial charge >= 0.3 is 0 Å². The van der Waals surface area contributed by atoms with Crippen molar-refractivity contribution in [3.63, 3.8) is 0 Å². The number of anilines is 1. The monoisotopic (exact) mass is 309 g/mol. The van der Waals surface area contributed by atoms with E-state index in [9.17, 15) is 0 Å². The zero-order valence-corrected chi connectivity index (χ0v) is 14.2. The Kier molecular flexibility index (Phi) is 4.82. The molecule has 3 rings (SSSR count). The smallest absolute Gasteiger partial charge is 0.185 e. The second-order valence-electron chi connectivity index (χ2n) is 6.58. The maximum Gasteiger partial charge on any atom is 0.185 e. The number of hydrogen-bond donors (Lipinski definition) is 1. The molecule has 0 saturated heterocycles. The molecule has 2 saturated carbocycles. The summed E-state index contributed by atoms with van der Waals surface area (Å²) in [6, 6.07) is 0.764. The largest absolute Gasteiger partial charge is 0.377 e. The van der Waals surface area contributed by atoms with Crippen molar-refractivity contribution in [3.05, 3.63) is 10.6 Å². The van der Waals surface area contributed by atoms with Gasteiger partial charge in [0.15, 0.2) is 5.13 Å². The van der Waals surface area contributed by atoms with Crippen molar-refractivity contribution < 1.29 is 4.74 Å². The van der Waals surface area contributed by atoms with E-state index in [1.807, 2.05) is 11.3 Å².